The van der Waals surface area contributed by atoms with E-state index in [1.165, 1.54) is 0 Å². The van der Waals surface area contributed by atoms with Crippen LogP contribution in [-0.2, 0) is 10.7 Å². The summed E-state index contributed by atoms with van der Waals surface area (Å²) < 4.78 is 13.0. The zero-order valence-electron chi connectivity index (χ0n) is 15.3. The molecule has 0 saturated heterocycles. The Balaban J connectivity index is 1.52. The summed E-state index contributed by atoms with van der Waals surface area (Å²) in [5, 5.41) is 0. The Morgan fingerprint density at radius 1 is 0.724 bits per heavy atom. The van der Waals surface area contributed by atoms with Crippen molar-refractivity contribution in [1.82, 2.24) is 19.9 Å². The molecule has 0 aliphatic carbocycles. The van der Waals surface area contributed by atoms with Crippen LogP contribution in [0.1, 0.15) is 5.56 Å². The summed E-state index contributed by atoms with van der Waals surface area (Å²) in [5.74, 6) is 0. The van der Waals surface area contributed by atoms with Crippen LogP contribution < -0.4 is 4.80 Å². The molecule has 145 valence electrons. The molecule has 29 heavy (non-hydrogen) atoms. The van der Waals surface area contributed by atoms with Crippen LogP contribution in [0.5, 0.6) is 0 Å². The fraction of sp³-hybridized carbons (Fsp3) is 0.0476. The molecular formula is C21H17AmN4O2P. The van der Waals surface area contributed by atoms with Gasteiger partial charge < -0.3 is 0 Å². The van der Waals surface area contributed by atoms with Gasteiger partial charge in [-0.15, -0.1) is 0 Å². The summed E-state index contributed by atoms with van der Waals surface area (Å²) in [5.41, 5.74) is 3.74. The van der Waals surface area contributed by atoms with Crippen LogP contribution in [0.2, 0.25) is 0 Å². The van der Waals surface area contributed by atoms with Crippen molar-refractivity contribution >= 4 is 11.3 Å². The van der Waals surface area contributed by atoms with Gasteiger partial charge in [0.05, 0.1) is 0 Å². The SMILES string of the molecule is O=[P](O)(Cc1ccnc(-c2ccccn2)c1)[Am][c]1ccnc(-c2ccccn2)c1. The minimum absolute atomic E-state index is 0.145. The van der Waals surface area contributed by atoms with Gasteiger partial charge in [-0.3, -0.25) is 0 Å². The predicted octanol–water partition coefficient (Wildman–Crippen LogP) is 3.70. The van der Waals surface area contributed by atoms with Crippen LogP contribution in [-0.4, -0.2) is 24.8 Å². The molecule has 6 nitrogen and oxygen atoms in total. The average molecular weight is 631 g/mol. The van der Waals surface area contributed by atoms with Gasteiger partial charge in [0.1, 0.15) is 0 Å². The molecule has 0 radical (unpaired) electrons. The number of hydrogen-bond donors (Lipinski definition) is 1. The molecule has 0 aliphatic rings. The van der Waals surface area contributed by atoms with E-state index in [0.717, 1.165) is 27.4 Å². The van der Waals surface area contributed by atoms with Crippen molar-refractivity contribution < 1.29 is 21.5 Å². The van der Waals surface area contributed by atoms with E-state index >= 15 is 0 Å². The quantitative estimate of drug-likeness (QED) is 0.327. The van der Waals surface area contributed by atoms with Crippen molar-refractivity contribution in [2.45, 2.75) is 6.16 Å². The van der Waals surface area contributed by atoms with E-state index in [1.807, 2.05) is 54.6 Å². The Morgan fingerprint density at radius 2 is 1.31 bits per heavy atom. The van der Waals surface area contributed by atoms with Gasteiger partial charge in [0.25, 0.3) is 0 Å². The molecule has 0 aliphatic heterocycles. The molecule has 1 N–H and O–H groups in total. The number of nitrogens with zero attached hydrogens (tertiary/aromatic N) is 4. The van der Waals surface area contributed by atoms with Gasteiger partial charge in [-0.25, -0.2) is 0 Å². The fourth-order valence-electron chi connectivity index (χ4n) is 2.75. The Hall–Kier alpha value is -2.82. The zero-order chi connectivity index (χ0) is 20.1. The third kappa shape index (κ3) is 5.16. The molecule has 4 aromatic rings. The summed E-state index contributed by atoms with van der Waals surface area (Å²) in [6, 6.07) is 18.6. The minimum atomic E-state index is -3.28. The van der Waals surface area contributed by atoms with Crippen molar-refractivity contribution in [1.29, 1.82) is 0 Å². The van der Waals surface area contributed by atoms with Crippen molar-refractivity contribution in [3.63, 3.8) is 0 Å². The summed E-state index contributed by atoms with van der Waals surface area (Å²) in [7, 11) is 0. The first-order valence-corrected chi connectivity index (χ1v) is 16.3. The molecule has 0 spiro atoms. The summed E-state index contributed by atoms with van der Waals surface area (Å²) in [6.45, 7) is -3.28. The van der Waals surface area contributed by atoms with Crippen LogP contribution in [0.3, 0.4) is 0 Å². The topological polar surface area (TPSA) is 88.9 Å². The Morgan fingerprint density at radius 3 is 1.93 bits per heavy atom. The van der Waals surface area contributed by atoms with Gasteiger partial charge in [-0.2, -0.15) is 0 Å². The third-order valence-electron chi connectivity index (χ3n) is 4.01. The zero-order valence-corrected chi connectivity index (χ0v) is 19.3. The summed E-state index contributed by atoms with van der Waals surface area (Å²) in [6.07, 6.45) is 6.92. The van der Waals surface area contributed by atoms with Crippen molar-refractivity contribution in [3.8, 4) is 22.8 Å². The molecule has 0 saturated carbocycles. The van der Waals surface area contributed by atoms with Gasteiger partial charge >= 0.3 is 173 Å². The normalized spacial score (nSPS) is 12.7. The Kier molecular flexibility index (Phi) is 5.84. The van der Waals surface area contributed by atoms with Gasteiger partial charge in [-0.1, -0.05) is 0 Å². The second kappa shape index (κ2) is 8.68. The van der Waals surface area contributed by atoms with E-state index in [-0.39, 0.29) is 6.16 Å². The van der Waals surface area contributed by atoms with E-state index in [0.29, 0.717) is 5.69 Å². The maximum atomic E-state index is 13.0. The van der Waals surface area contributed by atoms with Gasteiger partial charge in [0.15, 0.2) is 0 Å². The summed E-state index contributed by atoms with van der Waals surface area (Å²) >= 11 is -1.85. The first-order chi connectivity index (χ1) is 14.1. The Labute approximate surface area is 172 Å². The maximum absolute atomic E-state index is 13.0. The number of hydrogen-bond acceptors (Lipinski definition) is 5. The van der Waals surface area contributed by atoms with Crippen molar-refractivity contribution in [3.05, 3.63) is 91.0 Å². The van der Waals surface area contributed by atoms with E-state index < -0.39 is 18.5 Å². The molecule has 8 heteroatoms. The van der Waals surface area contributed by atoms with Crippen LogP contribution >= 0.6 is 6.46 Å². The van der Waals surface area contributed by atoms with Crippen LogP contribution in [0.25, 0.3) is 22.8 Å². The molecule has 0 aromatic carbocycles. The number of aromatic nitrogens is 4. The number of pyridine rings is 4. The predicted molar refractivity (Wildman–Crippen MR) is 108 cm³/mol. The van der Waals surface area contributed by atoms with Crippen LogP contribution in [0.4, 0.5) is 0 Å². The second-order valence-corrected chi connectivity index (χ2v) is 18.4. The molecule has 1 atom stereocenters. The van der Waals surface area contributed by atoms with E-state index in [2.05, 4.69) is 19.9 Å². The second-order valence-electron chi connectivity index (χ2n) is 6.20. The van der Waals surface area contributed by atoms with Crippen molar-refractivity contribution in [2.24, 2.45) is 0 Å². The average Bonchev–Trinajstić information content (AvgIpc) is 2.75. The monoisotopic (exact) mass is 629 g/mol. The first kappa shape index (κ1) is 19.5. The van der Waals surface area contributed by atoms with Crippen LogP contribution in [0, 0.1) is 12.1 Å². The molecule has 4 rings (SSSR count). The molecule has 4 aromatic heterocycles. The van der Waals surface area contributed by atoms with Gasteiger partial charge in [-0.05, 0) is 0 Å². The van der Waals surface area contributed by atoms with E-state index in [1.54, 1.807) is 30.9 Å². The fourth-order valence-corrected chi connectivity index (χ4v) is 12.1. The molecular weight excluding hydrogens is 614 g/mol. The number of rotatable bonds is 6. The molecule has 1 unspecified atom stereocenters. The standard InChI is InChI=1S/C11H9N2O2P.C10H7N2.Am/c14-16(15)8-9-4-6-13-11(7-9)10-3-1-2-5-12-10;1-3-7-11-9(5-1)10-6-2-4-8-12-10;/h1-7H,8H2;1,3-8H;/q;;-1/p+1. The van der Waals surface area contributed by atoms with Crippen LogP contribution in [0.15, 0.2) is 85.5 Å². The van der Waals surface area contributed by atoms with E-state index in [9.17, 15) is 9.46 Å². The Bertz CT molecular complexity index is 1070. The van der Waals surface area contributed by atoms with Gasteiger partial charge in [0.2, 0.25) is 0 Å². The molecule has 0 amide bonds. The third-order valence-corrected chi connectivity index (χ3v) is 13.4. The molecule has 0 fully saturated rings. The first-order valence-electron chi connectivity index (χ1n) is 8.81. The molecule has 0 bridgehead atoms. The molecule has 4 heterocycles. The van der Waals surface area contributed by atoms with Crippen molar-refractivity contribution in [2.75, 3.05) is 0 Å². The summed E-state index contributed by atoms with van der Waals surface area (Å²) in [4.78, 5) is 28.9. The van der Waals surface area contributed by atoms with E-state index in [4.69, 9.17) is 0 Å². The van der Waals surface area contributed by atoms with Gasteiger partial charge in [0, 0.05) is 0 Å².